The summed E-state index contributed by atoms with van der Waals surface area (Å²) >= 11 is 0. The van der Waals surface area contributed by atoms with Gasteiger partial charge in [0.1, 0.15) is 0 Å². The molecule has 0 atom stereocenters. The predicted octanol–water partition coefficient (Wildman–Crippen LogP) is 14.9. The fourth-order valence-corrected chi connectivity index (χ4v) is 8.15. The van der Waals surface area contributed by atoms with Crippen LogP contribution >= 0.6 is 0 Å². The lowest BCUT2D eigenvalue weighted by molar-refractivity contribution is 1.18. The van der Waals surface area contributed by atoms with Crippen molar-refractivity contribution in [2.75, 3.05) is 4.90 Å². The van der Waals surface area contributed by atoms with E-state index in [4.69, 9.17) is 0 Å². The van der Waals surface area contributed by atoms with Gasteiger partial charge in [0.15, 0.2) is 0 Å². The summed E-state index contributed by atoms with van der Waals surface area (Å²) < 4.78 is 2.42. The Labute approximate surface area is 327 Å². The van der Waals surface area contributed by atoms with Crippen LogP contribution in [0.3, 0.4) is 0 Å². The summed E-state index contributed by atoms with van der Waals surface area (Å²) in [6, 6.07) is 83.0. The first-order valence-corrected chi connectivity index (χ1v) is 19.2. The highest BCUT2D eigenvalue weighted by Crippen LogP contribution is 2.45. The number of fused-ring (bicyclic) bond motifs is 3. The van der Waals surface area contributed by atoms with E-state index in [0.29, 0.717) is 0 Å². The molecule has 9 aromatic carbocycles. The highest BCUT2D eigenvalue weighted by molar-refractivity contribution is 6.16. The molecule has 10 aromatic rings. The van der Waals surface area contributed by atoms with Crippen LogP contribution in [-0.2, 0) is 0 Å². The van der Waals surface area contributed by atoms with Crippen LogP contribution in [-0.4, -0.2) is 4.57 Å². The quantitative estimate of drug-likeness (QED) is 0.152. The molecule has 0 bridgehead atoms. The van der Waals surface area contributed by atoms with E-state index in [0.717, 1.165) is 28.3 Å². The minimum Gasteiger partial charge on any atom is -0.310 e. The molecule has 1 aromatic heterocycles. The molecule has 0 aliphatic carbocycles. The van der Waals surface area contributed by atoms with Crippen LogP contribution in [0, 0.1) is 0 Å². The van der Waals surface area contributed by atoms with Crippen molar-refractivity contribution in [1.82, 2.24) is 4.57 Å². The first-order chi connectivity index (χ1) is 27.8. The van der Waals surface area contributed by atoms with Crippen LogP contribution in [0.25, 0.3) is 72.0 Å². The average Bonchev–Trinajstić information content (AvgIpc) is 3.62. The second kappa shape index (κ2) is 14.4. The van der Waals surface area contributed by atoms with E-state index in [9.17, 15) is 0 Å². The lowest BCUT2D eigenvalue weighted by Gasteiger charge is -2.28. The van der Waals surface area contributed by atoms with Crippen molar-refractivity contribution in [3.63, 3.8) is 0 Å². The molecule has 264 valence electrons. The summed E-state index contributed by atoms with van der Waals surface area (Å²) in [5.74, 6) is 0. The fraction of sp³-hybridized carbons (Fsp3) is 0. The van der Waals surface area contributed by atoms with Gasteiger partial charge in [-0.3, -0.25) is 0 Å². The molecule has 2 nitrogen and oxygen atoms in total. The minimum atomic E-state index is 1.09. The zero-order valence-electron chi connectivity index (χ0n) is 30.8. The Balaban J connectivity index is 1.16. The summed E-state index contributed by atoms with van der Waals surface area (Å²) in [6.45, 7) is 0. The molecule has 10 rings (SSSR count). The molecule has 56 heavy (non-hydrogen) atoms. The Bertz CT molecular complexity index is 2910. The Kier molecular flexibility index (Phi) is 8.55. The molecule has 0 amide bonds. The van der Waals surface area contributed by atoms with Crippen molar-refractivity contribution in [2.24, 2.45) is 0 Å². The number of hydrogen-bond donors (Lipinski definition) is 0. The zero-order chi connectivity index (χ0) is 37.3. The molecule has 0 saturated heterocycles. The summed E-state index contributed by atoms with van der Waals surface area (Å²) in [7, 11) is 0. The van der Waals surface area contributed by atoms with Crippen LogP contribution < -0.4 is 4.90 Å². The lowest BCUT2D eigenvalue weighted by Crippen LogP contribution is -2.11. The van der Waals surface area contributed by atoms with Gasteiger partial charge in [0, 0.05) is 33.4 Å². The van der Waals surface area contributed by atoms with Gasteiger partial charge in [-0.1, -0.05) is 182 Å². The molecule has 0 fully saturated rings. The Morgan fingerprint density at radius 3 is 1.39 bits per heavy atom. The smallest absolute Gasteiger partial charge is 0.0562 e. The van der Waals surface area contributed by atoms with E-state index in [1.165, 1.54) is 60.8 Å². The van der Waals surface area contributed by atoms with Gasteiger partial charge in [-0.25, -0.2) is 0 Å². The third-order valence-electron chi connectivity index (χ3n) is 10.8. The molecule has 1 heterocycles. The maximum atomic E-state index is 2.42. The SMILES string of the molecule is c1ccc(-c2ccc(-c3ccc(N(c4ccc5c6c(-c7ccccc7)cccc6n(-c6ccccc6)c5c4)c4ccccc4-c4ccccc4)cc3)cc2)cc1. The van der Waals surface area contributed by atoms with Gasteiger partial charge < -0.3 is 9.47 Å². The van der Waals surface area contributed by atoms with E-state index in [1.807, 2.05) is 0 Å². The van der Waals surface area contributed by atoms with Gasteiger partial charge in [0.25, 0.3) is 0 Å². The molecular formula is C54H38N2. The number of para-hydroxylation sites is 2. The van der Waals surface area contributed by atoms with E-state index >= 15 is 0 Å². The first kappa shape index (κ1) is 33.2. The second-order valence-corrected chi connectivity index (χ2v) is 14.1. The molecule has 0 aliphatic heterocycles. The number of nitrogens with zero attached hydrogens (tertiary/aromatic N) is 2. The summed E-state index contributed by atoms with van der Waals surface area (Å²) in [5, 5.41) is 2.47. The standard InChI is InChI=1S/C54H38N2/c1-5-16-39(17-6-1)40-28-30-41(31-29-40)42-32-34-46(35-33-42)55(51-26-14-13-24-48(51)43-18-7-2-8-19-43)47-36-37-50-53(38-47)56(45-22-11-4-12-23-45)52-27-15-25-49(54(50)52)44-20-9-3-10-21-44/h1-38H. The van der Waals surface area contributed by atoms with Gasteiger partial charge in [-0.05, 0) is 87.5 Å². The molecule has 0 N–H and O–H groups in total. The zero-order valence-corrected chi connectivity index (χ0v) is 30.8. The van der Waals surface area contributed by atoms with E-state index in [-0.39, 0.29) is 0 Å². The lowest BCUT2D eigenvalue weighted by atomic mass is 9.98. The summed E-state index contributed by atoms with van der Waals surface area (Å²) in [6.07, 6.45) is 0. The van der Waals surface area contributed by atoms with Gasteiger partial charge in [-0.2, -0.15) is 0 Å². The number of hydrogen-bond acceptors (Lipinski definition) is 1. The van der Waals surface area contributed by atoms with Gasteiger partial charge >= 0.3 is 0 Å². The average molecular weight is 715 g/mol. The van der Waals surface area contributed by atoms with Crippen molar-refractivity contribution in [3.8, 4) is 50.2 Å². The van der Waals surface area contributed by atoms with Gasteiger partial charge in [-0.15, -0.1) is 0 Å². The molecule has 2 heteroatoms. The van der Waals surface area contributed by atoms with E-state index < -0.39 is 0 Å². The summed E-state index contributed by atoms with van der Waals surface area (Å²) in [4.78, 5) is 2.41. The molecule has 0 spiro atoms. The van der Waals surface area contributed by atoms with E-state index in [2.05, 4.69) is 240 Å². The summed E-state index contributed by atoms with van der Waals surface area (Å²) in [5.41, 5.74) is 16.4. The normalized spacial score (nSPS) is 11.2. The van der Waals surface area contributed by atoms with Crippen molar-refractivity contribution in [3.05, 3.63) is 231 Å². The largest absolute Gasteiger partial charge is 0.310 e. The number of benzene rings is 9. The maximum absolute atomic E-state index is 2.42. The van der Waals surface area contributed by atoms with Crippen LogP contribution in [0.5, 0.6) is 0 Å². The van der Waals surface area contributed by atoms with Crippen molar-refractivity contribution in [2.45, 2.75) is 0 Å². The number of rotatable bonds is 8. The van der Waals surface area contributed by atoms with Crippen LogP contribution in [0.4, 0.5) is 17.1 Å². The molecular weight excluding hydrogens is 677 g/mol. The Hall–Kier alpha value is -7.42. The van der Waals surface area contributed by atoms with Crippen LogP contribution in [0.2, 0.25) is 0 Å². The maximum Gasteiger partial charge on any atom is 0.0562 e. The third-order valence-corrected chi connectivity index (χ3v) is 10.8. The third kappa shape index (κ3) is 6.04. The highest BCUT2D eigenvalue weighted by Gasteiger charge is 2.21. The molecule has 0 aliphatic rings. The fourth-order valence-electron chi connectivity index (χ4n) is 8.15. The molecule has 0 radical (unpaired) electrons. The van der Waals surface area contributed by atoms with Crippen molar-refractivity contribution < 1.29 is 0 Å². The number of anilines is 3. The van der Waals surface area contributed by atoms with Crippen LogP contribution in [0.1, 0.15) is 0 Å². The number of aromatic nitrogens is 1. The second-order valence-electron chi connectivity index (χ2n) is 14.1. The minimum absolute atomic E-state index is 1.09. The molecule has 0 saturated carbocycles. The highest BCUT2D eigenvalue weighted by atomic mass is 15.1. The Morgan fingerprint density at radius 1 is 0.304 bits per heavy atom. The van der Waals surface area contributed by atoms with E-state index in [1.54, 1.807) is 0 Å². The van der Waals surface area contributed by atoms with Gasteiger partial charge in [0.2, 0.25) is 0 Å². The monoisotopic (exact) mass is 714 g/mol. The first-order valence-electron chi connectivity index (χ1n) is 19.2. The molecule has 0 unspecified atom stereocenters. The van der Waals surface area contributed by atoms with Gasteiger partial charge in [0.05, 0.1) is 16.7 Å². The van der Waals surface area contributed by atoms with Crippen molar-refractivity contribution in [1.29, 1.82) is 0 Å². The predicted molar refractivity (Wildman–Crippen MR) is 237 cm³/mol. The topological polar surface area (TPSA) is 8.17 Å². The van der Waals surface area contributed by atoms with Crippen molar-refractivity contribution >= 4 is 38.9 Å². The Morgan fingerprint density at radius 2 is 0.768 bits per heavy atom. The van der Waals surface area contributed by atoms with Crippen LogP contribution in [0.15, 0.2) is 231 Å².